The lowest BCUT2D eigenvalue weighted by atomic mass is 10.1. The second-order valence-corrected chi connectivity index (χ2v) is 7.15. The molecule has 29 heavy (non-hydrogen) atoms. The Kier molecular flexibility index (Phi) is 5.14. The lowest BCUT2D eigenvalue weighted by Crippen LogP contribution is -2.25. The van der Waals surface area contributed by atoms with Gasteiger partial charge in [-0.2, -0.15) is 13.2 Å². The molecule has 5 nitrogen and oxygen atoms in total. The molecule has 0 spiro atoms. The van der Waals surface area contributed by atoms with Gasteiger partial charge in [0.15, 0.2) is 11.5 Å². The number of hydrogen-bond donors (Lipinski definition) is 1. The van der Waals surface area contributed by atoms with Gasteiger partial charge in [-0.1, -0.05) is 12.1 Å². The van der Waals surface area contributed by atoms with Gasteiger partial charge >= 0.3 is 6.18 Å². The molecule has 2 heterocycles. The van der Waals surface area contributed by atoms with Crippen molar-refractivity contribution < 1.29 is 27.4 Å². The summed E-state index contributed by atoms with van der Waals surface area (Å²) in [6.45, 7) is 0.523. The van der Waals surface area contributed by atoms with E-state index in [4.69, 9.17) is 9.47 Å². The van der Waals surface area contributed by atoms with Gasteiger partial charge in [-0.25, -0.2) is 4.98 Å². The highest BCUT2D eigenvalue weighted by atomic mass is 32.1. The number of nitrogens with one attached hydrogen (secondary N) is 1. The molecule has 0 atom stereocenters. The SMILES string of the molecule is O=C(NCCc1csc(-c2ccc(C(F)(F)F)cc2)n1)c1ccc2c(c1)OCO2. The molecule has 9 heteroatoms. The monoisotopic (exact) mass is 420 g/mol. The zero-order chi connectivity index (χ0) is 20.4. The van der Waals surface area contributed by atoms with E-state index in [1.54, 1.807) is 18.2 Å². The Morgan fingerprint density at radius 2 is 1.86 bits per heavy atom. The first kappa shape index (κ1) is 19.3. The van der Waals surface area contributed by atoms with Crippen LogP contribution in [0.4, 0.5) is 13.2 Å². The number of halogens is 3. The van der Waals surface area contributed by atoms with Gasteiger partial charge in [-0.3, -0.25) is 4.79 Å². The fourth-order valence-corrected chi connectivity index (χ4v) is 3.66. The zero-order valence-electron chi connectivity index (χ0n) is 15.0. The van der Waals surface area contributed by atoms with Gasteiger partial charge < -0.3 is 14.8 Å². The minimum absolute atomic E-state index is 0.144. The first-order valence-electron chi connectivity index (χ1n) is 8.70. The summed E-state index contributed by atoms with van der Waals surface area (Å²) in [4.78, 5) is 16.7. The van der Waals surface area contributed by atoms with Gasteiger partial charge in [0.25, 0.3) is 5.91 Å². The molecule has 0 unspecified atom stereocenters. The van der Waals surface area contributed by atoms with Crippen molar-refractivity contribution in [3.05, 3.63) is 64.7 Å². The number of aromatic nitrogens is 1. The Morgan fingerprint density at radius 1 is 1.10 bits per heavy atom. The van der Waals surface area contributed by atoms with Crippen molar-refractivity contribution >= 4 is 17.2 Å². The Morgan fingerprint density at radius 3 is 2.62 bits per heavy atom. The molecule has 0 bridgehead atoms. The van der Waals surface area contributed by atoms with Crippen LogP contribution in [0.1, 0.15) is 21.6 Å². The molecule has 2 aromatic carbocycles. The Labute approximate surface area is 168 Å². The van der Waals surface area contributed by atoms with Crippen molar-refractivity contribution in [2.45, 2.75) is 12.6 Å². The van der Waals surface area contributed by atoms with Crippen LogP contribution in [0.15, 0.2) is 47.8 Å². The molecule has 1 N–H and O–H groups in total. The number of carbonyl (C=O) groups excluding carboxylic acids is 1. The quantitative estimate of drug-likeness (QED) is 0.659. The van der Waals surface area contributed by atoms with Gasteiger partial charge in [-0.15, -0.1) is 11.3 Å². The van der Waals surface area contributed by atoms with Crippen molar-refractivity contribution in [2.75, 3.05) is 13.3 Å². The molecule has 150 valence electrons. The molecular formula is C20H15F3N2O3S. The summed E-state index contributed by atoms with van der Waals surface area (Å²) in [7, 11) is 0. The number of fused-ring (bicyclic) bond motifs is 1. The Balaban J connectivity index is 1.33. The second-order valence-electron chi connectivity index (χ2n) is 6.29. The molecule has 4 rings (SSSR count). The number of ether oxygens (including phenoxy) is 2. The average Bonchev–Trinajstić information content (AvgIpc) is 3.36. The number of alkyl halides is 3. The predicted octanol–water partition coefficient (Wildman–Crippen LogP) is 4.53. The maximum atomic E-state index is 12.7. The summed E-state index contributed by atoms with van der Waals surface area (Å²) in [5.41, 5.74) is 1.16. The molecule has 0 radical (unpaired) electrons. The molecule has 0 saturated heterocycles. The number of hydrogen-bond acceptors (Lipinski definition) is 5. The summed E-state index contributed by atoms with van der Waals surface area (Å²) in [5, 5.41) is 5.28. The topological polar surface area (TPSA) is 60.5 Å². The van der Waals surface area contributed by atoms with Crippen LogP contribution in [0.25, 0.3) is 10.6 Å². The molecule has 0 fully saturated rings. The fraction of sp³-hybridized carbons (Fsp3) is 0.200. The predicted molar refractivity (Wildman–Crippen MR) is 101 cm³/mol. The van der Waals surface area contributed by atoms with Crippen LogP contribution in [0.2, 0.25) is 0 Å². The van der Waals surface area contributed by atoms with Crippen LogP contribution in [-0.2, 0) is 12.6 Å². The number of carbonyl (C=O) groups is 1. The molecule has 1 aliphatic rings. The summed E-state index contributed by atoms with van der Waals surface area (Å²) < 4.78 is 48.5. The summed E-state index contributed by atoms with van der Waals surface area (Å²) >= 11 is 1.35. The van der Waals surface area contributed by atoms with Crippen LogP contribution in [0.5, 0.6) is 11.5 Å². The van der Waals surface area contributed by atoms with E-state index in [2.05, 4.69) is 10.3 Å². The number of thiazole rings is 1. The van der Waals surface area contributed by atoms with Gasteiger partial charge in [0.1, 0.15) is 5.01 Å². The summed E-state index contributed by atoms with van der Waals surface area (Å²) in [6.07, 6.45) is -3.85. The third kappa shape index (κ3) is 4.34. The average molecular weight is 420 g/mol. The Bertz CT molecular complexity index is 1030. The molecule has 1 amide bonds. The second kappa shape index (κ2) is 7.75. The lowest BCUT2D eigenvalue weighted by Gasteiger charge is -2.06. The minimum atomic E-state index is -4.36. The van der Waals surface area contributed by atoms with E-state index < -0.39 is 11.7 Å². The van der Waals surface area contributed by atoms with E-state index in [1.807, 2.05) is 5.38 Å². The first-order valence-corrected chi connectivity index (χ1v) is 9.58. The number of nitrogens with zero attached hydrogens (tertiary/aromatic N) is 1. The maximum absolute atomic E-state index is 12.7. The third-order valence-electron chi connectivity index (χ3n) is 4.31. The molecular weight excluding hydrogens is 405 g/mol. The molecule has 0 aliphatic carbocycles. The highest BCUT2D eigenvalue weighted by Crippen LogP contribution is 2.33. The van der Waals surface area contributed by atoms with Gasteiger partial charge in [0.05, 0.1) is 11.3 Å². The zero-order valence-corrected chi connectivity index (χ0v) is 15.8. The fourth-order valence-electron chi connectivity index (χ4n) is 2.80. The van der Waals surface area contributed by atoms with E-state index >= 15 is 0 Å². The lowest BCUT2D eigenvalue weighted by molar-refractivity contribution is -0.137. The standard InChI is InChI=1S/C20H15F3N2O3S/c21-20(22,23)14-4-1-12(2-5-14)19-25-15(10-29-19)7-8-24-18(26)13-3-6-16-17(9-13)28-11-27-16/h1-6,9-10H,7-8,11H2,(H,24,26). The minimum Gasteiger partial charge on any atom is -0.454 e. The molecule has 0 saturated carbocycles. The third-order valence-corrected chi connectivity index (χ3v) is 5.25. The summed E-state index contributed by atoms with van der Waals surface area (Å²) in [6, 6.07) is 9.88. The van der Waals surface area contributed by atoms with Gasteiger partial charge in [-0.05, 0) is 30.3 Å². The smallest absolute Gasteiger partial charge is 0.416 e. The van der Waals surface area contributed by atoms with Crippen LogP contribution < -0.4 is 14.8 Å². The van der Waals surface area contributed by atoms with Crippen LogP contribution >= 0.6 is 11.3 Å². The van der Waals surface area contributed by atoms with Crippen molar-refractivity contribution in [3.63, 3.8) is 0 Å². The van der Waals surface area contributed by atoms with E-state index in [0.29, 0.717) is 40.6 Å². The molecule has 1 aliphatic heterocycles. The van der Waals surface area contributed by atoms with Gasteiger partial charge in [0.2, 0.25) is 6.79 Å². The largest absolute Gasteiger partial charge is 0.454 e. The number of rotatable bonds is 5. The normalized spacial score (nSPS) is 12.8. The van der Waals surface area contributed by atoms with Gasteiger partial charge in [0, 0.05) is 29.5 Å². The number of benzene rings is 2. The van der Waals surface area contributed by atoms with Crippen LogP contribution in [-0.4, -0.2) is 24.2 Å². The van der Waals surface area contributed by atoms with Crippen molar-refractivity contribution in [3.8, 4) is 22.1 Å². The summed E-state index contributed by atoms with van der Waals surface area (Å²) in [5.74, 6) is 0.916. The highest BCUT2D eigenvalue weighted by Gasteiger charge is 2.30. The van der Waals surface area contributed by atoms with E-state index in [9.17, 15) is 18.0 Å². The van der Waals surface area contributed by atoms with Crippen molar-refractivity contribution in [1.29, 1.82) is 0 Å². The van der Waals surface area contributed by atoms with E-state index in [-0.39, 0.29) is 12.7 Å². The van der Waals surface area contributed by atoms with Crippen molar-refractivity contribution in [1.82, 2.24) is 10.3 Å². The number of amides is 1. The van der Waals surface area contributed by atoms with Crippen LogP contribution in [0.3, 0.4) is 0 Å². The van der Waals surface area contributed by atoms with Crippen LogP contribution in [0, 0.1) is 0 Å². The maximum Gasteiger partial charge on any atom is 0.416 e. The first-order chi connectivity index (χ1) is 13.9. The molecule has 3 aromatic rings. The molecule has 1 aromatic heterocycles. The van der Waals surface area contributed by atoms with Crippen molar-refractivity contribution in [2.24, 2.45) is 0 Å². The van der Waals surface area contributed by atoms with E-state index in [1.165, 1.54) is 23.5 Å². The van der Waals surface area contributed by atoms with E-state index in [0.717, 1.165) is 17.8 Å². The Hall–Kier alpha value is -3.07. The highest BCUT2D eigenvalue weighted by molar-refractivity contribution is 7.13.